The van der Waals surface area contributed by atoms with Gasteiger partial charge in [0.2, 0.25) is 0 Å². The summed E-state index contributed by atoms with van der Waals surface area (Å²) in [6.07, 6.45) is -0.184. The molecule has 0 radical (unpaired) electrons. The molecule has 96 valence electrons. The van der Waals surface area contributed by atoms with Crippen LogP contribution in [-0.4, -0.2) is 56.9 Å². The predicted octanol–water partition coefficient (Wildman–Crippen LogP) is -1.04. The van der Waals surface area contributed by atoms with Crippen LogP contribution in [0.5, 0.6) is 0 Å². The van der Waals surface area contributed by atoms with Crippen molar-refractivity contribution in [2.24, 2.45) is 5.92 Å². The van der Waals surface area contributed by atoms with Crippen LogP contribution in [0.25, 0.3) is 0 Å². The average molecular weight is 236 g/mol. The number of carboxylic acids is 1. The Kier molecular flexibility index (Phi) is 7.24. The average Bonchev–Trinajstić information content (AvgIpc) is 2.17. The van der Waals surface area contributed by atoms with Gasteiger partial charge in [-0.15, -0.1) is 0 Å². The number of aliphatic carboxylic acids is 1. The minimum absolute atomic E-state index is 0.00843. The van der Waals surface area contributed by atoms with E-state index in [2.05, 4.69) is 0 Å². The smallest absolute Gasteiger partial charge is 0.303 e. The van der Waals surface area contributed by atoms with E-state index in [-0.39, 0.29) is 45.5 Å². The lowest BCUT2D eigenvalue weighted by Crippen LogP contribution is -2.41. The van der Waals surface area contributed by atoms with Crippen LogP contribution in [0, 0.1) is 5.92 Å². The lowest BCUT2D eigenvalue weighted by molar-refractivity contribution is -0.143. The maximum absolute atomic E-state index is 10.6. The fraction of sp³-hybridized carbons (Fsp3) is 0.900. The Hall–Kier alpha value is -0.690. The minimum atomic E-state index is -1.44. The Morgan fingerprint density at radius 1 is 1.06 bits per heavy atom. The molecule has 0 aromatic heterocycles. The van der Waals surface area contributed by atoms with Gasteiger partial charge in [0.05, 0.1) is 12.0 Å². The highest BCUT2D eigenvalue weighted by atomic mass is 16.4. The third-order valence-corrected chi connectivity index (χ3v) is 2.75. The third kappa shape index (κ3) is 4.89. The molecule has 6 heteroatoms. The SMILES string of the molecule is O=C(O)CC(CCO)C(O)(CCO)CCO. The largest absolute Gasteiger partial charge is 0.481 e. The Balaban J connectivity index is 4.69. The van der Waals surface area contributed by atoms with E-state index in [0.29, 0.717) is 0 Å². The van der Waals surface area contributed by atoms with E-state index in [1.165, 1.54) is 0 Å². The van der Waals surface area contributed by atoms with Crippen LogP contribution in [-0.2, 0) is 4.79 Å². The highest BCUT2D eigenvalue weighted by Crippen LogP contribution is 2.30. The molecule has 0 aromatic carbocycles. The van der Waals surface area contributed by atoms with Gasteiger partial charge < -0.3 is 25.5 Å². The van der Waals surface area contributed by atoms with Gasteiger partial charge >= 0.3 is 5.97 Å². The molecule has 5 N–H and O–H groups in total. The quantitative estimate of drug-likeness (QED) is 0.349. The molecule has 0 aliphatic rings. The first-order chi connectivity index (χ1) is 7.50. The van der Waals surface area contributed by atoms with Crippen molar-refractivity contribution in [3.05, 3.63) is 0 Å². The molecule has 6 nitrogen and oxygen atoms in total. The topological polar surface area (TPSA) is 118 Å². The molecule has 0 aromatic rings. The van der Waals surface area contributed by atoms with E-state index < -0.39 is 17.5 Å². The van der Waals surface area contributed by atoms with Crippen LogP contribution in [0.3, 0.4) is 0 Å². The van der Waals surface area contributed by atoms with Crippen molar-refractivity contribution in [1.82, 2.24) is 0 Å². The minimum Gasteiger partial charge on any atom is -0.481 e. The third-order valence-electron chi connectivity index (χ3n) is 2.75. The van der Waals surface area contributed by atoms with Gasteiger partial charge in [0, 0.05) is 25.7 Å². The van der Waals surface area contributed by atoms with Crippen LogP contribution >= 0.6 is 0 Å². The Bertz CT molecular complexity index is 199. The number of aliphatic hydroxyl groups excluding tert-OH is 3. The van der Waals surface area contributed by atoms with Crippen LogP contribution in [0.1, 0.15) is 25.7 Å². The van der Waals surface area contributed by atoms with E-state index in [1.54, 1.807) is 0 Å². The van der Waals surface area contributed by atoms with Gasteiger partial charge in [-0.1, -0.05) is 0 Å². The molecule has 1 unspecified atom stereocenters. The maximum Gasteiger partial charge on any atom is 0.303 e. The summed E-state index contributed by atoms with van der Waals surface area (Å²) in [5.74, 6) is -1.75. The molecule has 0 spiro atoms. The summed E-state index contributed by atoms with van der Waals surface area (Å²) in [6.45, 7) is -0.826. The number of hydrogen-bond acceptors (Lipinski definition) is 5. The second-order valence-corrected chi connectivity index (χ2v) is 3.86. The lowest BCUT2D eigenvalue weighted by Gasteiger charge is -2.34. The zero-order valence-electron chi connectivity index (χ0n) is 9.17. The summed E-state index contributed by atoms with van der Waals surface area (Å²) < 4.78 is 0. The van der Waals surface area contributed by atoms with Crippen molar-refractivity contribution in [2.75, 3.05) is 19.8 Å². The number of hydrogen-bond donors (Lipinski definition) is 5. The van der Waals surface area contributed by atoms with Gasteiger partial charge in [0.15, 0.2) is 0 Å². The molecule has 0 saturated carbocycles. The number of aliphatic hydroxyl groups is 4. The van der Waals surface area contributed by atoms with E-state index in [1.807, 2.05) is 0 Å². The fourth-order valence-electron chi connectivity index (χ4n) is 1.85. The van der Waals surface area contributed by atoms with Crippen molar-refractivity contribution >= 4 is 5.97 Å². The van der Waals surface area contributed by atoms with Crippen molar-refractivity contribution in [2.45, 2.75) is 31.3 Å². The first-order valence-electron chi connectivity index (χ1n) is 5.27. The molecule has 1 atom stereocenters. The van der Waals surface area contributed by atoms with E-state index in [9.17, 15) is 9.90 Å². The number of carboxylic acid groups (broad SMARTS) is 1. The van der Waals surface area contributed by atoms with Crippen molar-refractivity contribution < 1.29 is 30.3 Å². The summed E-state index contributed by atoms with van der Waals surface area (Å²) >= 11 is 0. The maximum atomic E-state index is 10.6. The van der Waals surface area contributed by atoms with Gasteiger partial charge in [0.25, 0.3) is 0 Å². The first-order valence-corrected chi connectivity index (χ1v) is 5.27. The van der Waals surface area contributed by atoms with Crippen LogP contribution in [0.4, 0.5) is 0 Å². The van der Waals surface area contributed by atoms with Crippen molar-refractivity contribution in [3.63, 3.8) is 0 Å². The molecule has 0 fully saturated rings. The summed E-state index contributed by atoms with van der Waals surface area (Å²) in [6, 6.07) is 0. The monoisotopic (exact) mass is 236 g/mol. The predicted molar refractivity (Wildman–Crippen MR) is 55.8 cm³/mol. The molecular formula is C10H20O6. The molecular weight excluding hydrogens is 216 g/mol. The summed E-state index contributed by atoms with van der Waals surface area (Å²) in [7, 11) is 0. The molecule has 0 heterocycles. The molecule has 0 aliphatic heterocycles. The summed E-state index contributed by atoms with van der Waals surface area (Å²) in [4.78, 5) is 10.6. The zero-order valence-corrected chi connectivity index (χ0v) is 9.17. The van der Waals surface area contributed by atoms with Gasteiger partial charge in [-0.3, -0.25) is 4.79 Å². The summed E-state index contributed by atoms with van der Waals surface area (Å²) in [5.41, 5.74) is -1.44. The van der Waals surface area contributed by atoms with Crippen molar-refractivity contribution in [1.29, 1.82) is 0 Å². The standard InChI is InChI=1S/C10H20O6/c11-4-1-8(7-9(14)15)10(16,2-5-12)3-6-13/h8,11-13,16H,1-7H2,(H,14,15). The fourth-order valence-corrected chi connectivity index (χ4v) is 1.85. The molecule has 0 bridgehead atoms. The number of rotatable bonds is 9. The normalized spacial score (nSPS) is 13.8. The molecule has 16 heavy (non-hydrogen) atoms. The molecule has 0 rings (SSSR count). The molecule has 0 amide bonds. The highest BCUT2D eigenvalue weighted by molar-refractivity contribution is 5.67. The lowest BCUT2D eigenvalue weighted by atomic mass is 9.78. The Labute approximate surface area is 94.2 Å². The van der Waals surface area contributed by atoms with Gasteiger partial charge in [-0.2, -0.15) is 0 Å². The second kappa shape index (κ2) is 7.56. The first kappa shape index (κ1) is 15.3. The van der Waals surface area contributed by atoms with Crippen molar-refractivity contribution in [3.8, 4) is 0 Å². The molecule has 0 saturated heterocycles. The second-order valence-electron chi connectivity index (χ2n) is 3.86. The zero-order chi connectivity index (χ0) is 12.6. The Morgan fingerprint density at radius 2 is 1.56 bits per heavy atom. The van der Waals surface area contributed by atoms with Gasteiger partial charge in [0.1, 0.15) is 0 Å². The summed E-state index contributed by atoms with van der Waals surface area (Å²) in [5, 5.41) is 45.3. The van der Waals surface area contributed by atoms with E-state index in [0.717, 1.165) is 0 Å². The van der Waals surface area contributed by atoms with Crippen LogP contribution in [0.2, 0.25) is 0 Å². The highest BCUT2D eigenvalue weighted by Gasteiger charge is 2.36. The van der Waals surface area contributed by atoms with Crippen LogP contribution < -0.4 is 0 Å². The van der Waals surface area contributed by atoms with Crippen LogP contribution in [0.15, 0.2) is 0 Å². The Morgan fingerprint density at radius 3 is 1.88 bits per heavy atom. The molecule has 0 aliphatic carbocycles. The number of carbonyl (C=O) groups is 1. The van der Waals surface area contributed by atoms with Gasteiger partial charge in [-0.05, 0) is 19.3 Å². The van der Waals surface area contributed by atoms with Gasteiger partial charge in [-0.25, -0.2) is 0 Å². The van der Waals surface area contributed by atoms with E-state index >= 15 is 0 Å². The van der Waals surface area contributed by atoms with E-state index in [4.69, 9.17) is 20.4 Å².